The first-order chi connectivity index (χ1) is 19.9. The van der Waals surface area contributed by atoms with Gasteiger partial charge in [0, 0.05) is 17.5 Å². The van der Waals surface area contributed by atoms with E-state index in [1.165, 1.54) is 17.0 Å². The number of amides is 2. The molecule has 0 N–H and O–H groups in total. The smallest absolute Gasteiger partial charge is 0.293 e. The summed E-state index contributed by atoms with van der Waals surface area (Å²) in [6, 6.07) is 25.0. The quantitative estimate of drug-likeness (QED) is 0.110. The van der Waals surface area contributed by atoms with E-state index in [9.17, 15) is 19.7 Å². The van der Waals surface area contributed by atoms with Gasteiger partial charge in [-0.3, -0.25) is 24.6 Å². The number of hydrogen-bond donors (Lipinski definition) is 0. The number of fused-ring (bicyclic) bond motifs is 1. The largest absolute Gasteiger partial charge is 0.491 e. The first kappa shape index (κ1) is 27.7. The van der Waals surface area contributed by atoms with Crippen LogP contribution in [0.5, 0.6) is 17.2 Å². The van der Waals surface area contributed by atoms with Crippen LogP contribution in [0, 0.1) is 10.1 Å². The normalized spacial score (nSPS) is 14.1. The number of nitro groups is 1. The summed E-state index contributed by atoms with van der Waals surface area (Å²) < 4.78 is 17.5. The molecule has 1 aliphatic rings. The Kier molecular flexibility index (Phi) is 8.50. The third-order valence-electron chi connectivity index (χ3n) is 6.28. The highest BCUT2D eigenvalue weighted by atomic mass is 32.2. The molecule has 1 heterocycles. The Morgan fingerprint density at radius 2 is 1.68 bits per heavy atom. The molecule has 0 unspecified atom stereocenters. The van der Waals surface area contributed by atoms with Crippen LogP contribution in [0.1, 0.15) is 18.1 Å². The summed E-state index contributed by atoms with van der Waals surface area (Å²) >= 11 is 0.876. The minimum atomic E-state index is -0.455. The van der Waals surface area contributed by atoms with E-state index >= 15 is 0 Å². The number of hydrogen-bond acceptors (Lipinski definition) is 8. The van der Waals surface area contributed by atoms with Crippen LogP contribution in [0.25, 0.3) is 16.8 Å². The van der Waals surface area contributed by atoms with E-state index in [1.54, 1.807) is 36.4 Å². The molecule has 0 aliphatic carbocycles. The number of nitro benzene ring substituents is 1. The fourth-order valence-corrected chi connectivity index (χ4v) is 5.20. The molecule has 0 atom stereocenters. The van der Waals surface area contributed by atoms with Crippen LogP contribution in [0.4, 0.5) is 10.5 Å². The van der Waals surface area contributed by atoms with Crippen molar-refractivity contribution in [3.63, 3.8) is 0 Å². The zero-order valence-electron chi connectivity index (χ0n) is 22.1. The SMILES string of the molecule is CCOc1cc(/C=C2\SC(=O)N(CCOc3cccc4ccccc34)C2=O)ccc1OCc1cccc([N+](=O)[O-])c1. The lowest BCUT2D eigenvalue weighted by Gasteiger charge is -2.14. The first-order valence-electron chi connectivity index (χ1n) is 12.9. The topological polar surface area (TPSA) is 108 Å². The van der Waals surface area contributed by atoms with Crippen molar-refractivity contribution < 1.29 is 28.7 Å². The molecule has 1 fully saturated rings. The van der Waals surface area contributed by atoms with Crippen molar-refractivity contribution in [3.05, 3.63) is 111 Å². The number of non-ortho nitro benzene ring substituents is 1. The fraction of sp³-hybridized carbons (Fsp3) is 0.161. The number of imide groups is 1. The van der Waals surface area contributed by atoms with E-state index in [1.807, 2.05) is 49.4 Å². The molecule has 10 heteroatoms. The van der Waals surface area contributed by atoms with Gasteiger partial charge in [-0.05, 0) is 59.5 Å². The van der Waals surface area contributed by atoms with Crippen LogP contribution in [0.3, 0.4) is 0 Å². The summed E-state index contributed by atoms with van der Waals surface area (Å²) in [7, 11) is 0. The van der Waals surface area contributed by atoms with Crippen molar-refractivity contribution >= 4 is 45.4 Å². The molecule has 1 aliphatic heterocycles. The number of carbonyl (C=O) groups excluding carboxylic acids is 2. The minimum absolute atomic E-state index is 0.0134. The number of thioether (sulfide) groups is 1. The second-order valence-electron chi connectivity index (χ2n) is 9.01. The average molecular weight is 571 g/mol. The van der Waals surface area contributed by atoms with E-state index in [2.05, 4.69) is 0 Å². The molecule has 4 aromatic carbocycles. The summed E-state index contributed by atoms with van der Waals surface area (Å²) in [5.74, 6) is 1.22. The van der Waals surface area contributed by atoms with Crippen LogP contribution in [0.15, 0.2) is 89.8 Å². The Bertz CT molecular complexity index is 1650. The predicted octanol–water partition coefficient (Wildman–Crippen LogP) is 6.84. The molecule has 0 bridgehead atoms. The highest BCUT2D eigenvalue weighted by Crippen LogP contribution is 2.35. The maximum absolute atomic E-state index is 13.0. The van der Waals surface area contributed by atoms with E-state index in [0.717, 1.165) is 22.5 Å². The molecule has 208 valence electrons. The molecule has 9 nitrogen and oxygen atoms in total. The highest BCUT2D eigenvalue weighted by molar-refractivity contribution is 8.18. The molecule has 0 spiro atoms. The minimum Gasteiger partial charge on any atom is -0.491 e. The summed E-state index contributed by atoms with van der Waals surface area (Å²) in [6.45, 7) is 2.62. The summed E-state index contributed by atoms with van der Waals surface area (Å²) in [5.41, 5.74) is 1.29. The summed E-state index contributed by atoms with van der Waals surface area (Å²) in [5, 5.41) is 12.7. The molecule has 0 saturated carbocycles. The van der Waals surface area contributed by atoms with Crippen molar-refractivity contribution in [2.75, 3.05) is 19.8 Å². The van der Waals surface area contributed by atoms with Crippen molar-refractivity contribution in [2.45, 2.75) is 13.5 Å². The predicted molar refractivity (Wildman–Crippen MR) is 157 cm³/mol. The van der Waals surface area contributed by atoms with E-state index in [0.29, 0.717) is 39.9 Å². The van der Waals surface area contributed by atoms with Gasteiger partial charge in [0.05, 0.1) is 23.0 Å². The Labute approximate surface area is 240 Å². The standard InChI is InChI=1S/C31H26N2O7S/c1-2-38-28-18-21(13-14-27(28)40-20-22-7-5-10-24(17-22)33(36)37)19-29-30(34)32(31(35)41-29)15-16-39-26-12-6-9-23-8-3-4-11-25(23)26/h3-14,17-19H,2,15-16,20H2,1H3/b29-19-. The van der Waals surface area contributed by atoms with E-state index < -0.39 is 4.92 Å². The third-order valence-corrected chi connectivity index (χ3v) is 7.18. The van der Waals surface area contributed by atoms with Gasteiger partial charge in [-0.2, -0.15) is 0 Å². The van der Waals surface area contributed by atoms with Crippen molar-refractivity contribution in [1.29, 1.82) is 0 Å². The van der Waals surface area contributed by atoms with Gasteiger partial charge < -0.3 is 14.2 Å². The zero-order chi connectivity index (χ0) is 28.8. The second kappa shape index (κ2) is 12.6. The Hall–Kier alpha value is -4.83. The monoisotopic (exact) mass is 570 g/mol. The van der Waals surface area contributed by atoms with Gasteiger partial charge in [0.2, 0.25) is 0 Å². The van der Waals surface area contributed by atoms with Gasteiger partial charge in [0.25, 0.3) is 16.8 Å². The maximum Gasteiger partial charge on any atom is 0.293 e. The van der Waals surface area contributed by atoms with Crippen molar-refractivity contribution in [1.82, 2.24) is 4.90 Å². The van der Waals surface area contributed by atoms with Gasteiger partial charge >= 0.3 is 0 Å². The Morgan fingerprint density at radius 3 is 2.51 bits per heavy atom. The van der Waals surface area contributed by atoms with Crippen molar-refractivity contribution in [3.8, 4) is 17.2 Å². The number of rotatable bonds is 11. The van der Waals surface area contributed by atoms with Crippen LogP contribution in [0.2, 0.25) is 0 Å². The number of ether oxygens (including phenoxy) is 3. The van der Waals surface area contributed by atoms with Crippen LogP contribution >= 0.6 is 11.8 Å². The van der Waals surface area contributed by atoms with E-state index in [-0.39, 0.29) is 36.6 Å². The molecule has 2 amide bonds. The van der Waals surface area contributed by atoms with Gasteiger partial charge in [-0.1, -0.05) is 54.6 Å². The molecular formula is C31H26N2O7S. The first-order valence-corrected chi connectivity index (χ1v) is 13.7. The lowest BCUT2D eigenvalue weighted by molar-refractivity contribution is -0.384. The highest BCUT2D eigenvalue weighted by Gasteiger charge is 2.34. The van der Waals surface area contributed by atoms with Crippen LogP contribution in [-0.2, 0) is 11.4 Å². The Morgan fingerprint density at radius 1 is 0.878 bits per heavy atom. The lowest BCUT2D eigenvalue weighted by atomic mass is 10.1. The molecule has 5 rings (SSSR count). The molecule has 41 heavy (non-hydrogen) atoms. The zero-order valence-corrected chi connectivity index (χ0v) is 23.0. The van der Waals surface area contributed by atoms with Crippen LogP contribution in [-0.4, -0.2) is 40.7 Å². The Balaban J connectivity index is 1.25. The number of nitrogens with zero attached hydrogens (tertiary/aromatic N) is 2. The summed E-state index contributed by atoms with van der Waals surface area (Å²) in [4.78, 5) is 37.8. The van der Waals surface area contributed by atoms with Gasteiger partial charge in [-0.15, -0.1) is 0 Å². The lowest BCUT2D eigenvalue weighted by Crippen LogP contribution is -2.32. The molecule has 0 aromatic heterocycles. The number of benzene rings is 4. The van der Waals surface area contributed by atoms with Gasteiger partial charge in [0.1, 0.15) is 19.0 Å². The van der Waals surface area contributed by atoms with E-state index in [4.69, 9.17) is 14.2 Å². The molecule has 0 radical (unpaired) electrons. The molecule has 1 saturated heterocycles. The van der Waals surface area contributed by atoms with Crippen molar-refractivity contribution in [2.24, 2.45) is 0 Å². The van der Waals surface area contributed by atoms with Gasteiger partial charge in [-0.25, -0.2) is 0 Å². The molecule has 4 aromatic rings. The maximum atomic E-state index is 13.0. The van der Waals surface area contributed by atoms with Crippen LogP contribution < -0.4 is 14.2 Å². The fourth-order valence-electron chi connectivity index (χ4n) is 4.34. The second-order valence-corrected chi connectivity index (χ2v) is 10.0. The number of carbonyl (C=O) groups is 2. The third kappa shape index (κ3) is 6.50. The van der Waals surface area contributed by atoms with Gasteiger partial charge in [0.15, 0.2) is 11.5 Å². The molecular weight excluding hydrogens is 544 g/mol. The average Bonchev–Trinajstić information content (AvgIpc) is 3.24. The summed E-state index contributed by atoms with van der Waals surface area (Å²) in [6.07, 6.45) is 1.64.